The van der Waals surface area contributed by atoms with Crippen LogP contribution in [0.4, 0.5) is 0 Å². The second-order valence-corrected chi connectivity index (χ2v) is 2.08. The molecule has 0 spiro atoms. The summed E-state index contributed by atoms with van der Waals surface area (Å²) in [5.74, 6) is 0. The van der Waals surface area contributed by atoms with Crippen molar-refractivity contribution in [2.45, 2.75) is 27.2 Å². The van der Waals surface area contributed by atoms with E-state index >= 15 is 0 Å². The second kappa shape index (κ2) is 6.05. The largest absolute Gasteiger partial charge is 0.255 e. The molecule has 0 aromatic carbocycles. The van der Waals surface area contributed by atoms with Gasteiger partial charge in [0.15, 0.2) is 0 Å². The van der Waals surface area contributed by atoms with Gasteiger partial charge in [0, 0.05) is 19.6 Å². The molecule has 2 nitrogen and oxygen atoms in total. The van der Waals surface area contributed by atoms with E-state index in [-0.39, 0.29) is 0 Å². The standard InChI is InChI=1S/C7H18N2/c1-4-7-8-9(5-2)6-3/h8H,4-7H2,1-3H3. The first-order chi connectivity index (χ1) is 4.35. The molecule has 0 amide bonds. The molecule has 9 heavy (non-hydrogen) atoms. The Morgan fingerprint density at radius 3 is 2.00 bits per heavy atom. The Morgan fingerprint density at radius 2 is 1.67 bits per heavy atom. The fraction of sp³-hybridized carbons (Fsp3) is 1.00. The van der Waals surface area contributed by atoms with E-state index in [1.807, 2.05) is 0 Å². The number of rotatable bonds is 5. The number of nitrogens with zero attached hydrogens (tertiary/aromatic N) is 1. The van der Waals surface area contributed by atoms with Gasteiger partial charge in [-0.05, 0) is 6.42 Å². The van der Waals surface area contributed by atoms with Crippen molar-refractivity contribution in [3.05, 3.63) is 0 Å². The molecule has 0 fully saturated rings. The summed E-state index contributed by atoms with van der Waals surface area (Å²) in [5, 5.41) is 2.21. The molecule has 0 aromatic heterocycles. The molecule has 0 rings (SSSR count). The van der Waals surface area contributed by atoms with Gasteiger partial charge in [-0.25, -0.2) is 5.01 Å². The molecule has 0 atom stereocenters. The topological polar surface area (TPSA) is 15.3 Å². The third-order valence-electron chi connectivity index (χ3n) is 1.35. The van der Waals surface area contributed by atoms with Gasteiger partial charge in [-0.1, -0.05) is 20.8 Å². The van der Waals surface area contributed by atoms with Gasteiger partial charge < -0.3 is 0 Å². The Kier molecular flexibility index (Phi) is 5.99. The van der Waals surface area contributed by atoms with Crippen LogP contribution in [0.3, 0.4) is 0 Å². The van der Waals surface area contributed by atoms with E-state index in [9.17, 15) is 0 Å². The van der Waals surface area contributed by atoms with Crippen molar-refractivity contribution >= 4 is 0 Å². The van der Waals surface area contributed by atoms with E-state index in [0.717, 1.165) is 19.6 Å². The maximum absolute atomic E-state index is 3.30. The minimum Gasteiger partial charge on any atom is -0.255 e. The summed E-state index contributed by atoms with van der Waals surface area (Å²) in [4.78, 5) is 0. The van der Waals surface area contributed by atoms with E-state index in [0.29, 0.717) is 0 Å². The number of hydrogen-bond acceptors (Lipinski definition) is 2. The maximum Gasteiger partial charge on any atom is 0.0102 e. The van der Waals surface area contributed by atoms with Crippen LogP contribution >= 0.6 is 0 Å². The SMILES string of the molecule is CCCNN(CC)CC. The molecule has 2 heteroatoms. The first-order valence-electron chi connectivity index (χ1n) is 3.83. The van der Waals surface area contributed by atoms with E-state index in [1.54, 1.807) is 0 Å². The lowest BCUT2D eigenvalue weighted by molar-refractivity contribution is 0.209. The lowest BCUT2D eigenvalue weighted by Gasteiger charge is -2.18. The third kappa shape index (κ3) is 4.43. The highest BCUT2D eigenvalue weighted by Crippen LogP contribution is 1.79. The van der Waals surface area contributed by atoms with Crippen LogP contribution in [0, 0.1) is 0 Å². The quantitative estimate of drug-likeness (QED) is 0.563. The van der Waals surface area contributed by atoms with Gasteiger partial charge >= 0.3 is 0 Å². The Hall–Kier alpha value is -0.0800. The minimum atomic E-state index is 1.09. The number of hydrazine groups is 1. The van der Waals surface area contributed by atoms with Crippen molar-refractivity contribution in [2.24, 2.45) is 0 Å². The van der Waals surface area contributed by atoms with E-state index in [1.165, 1.54) is 6.42 Å². The van der Waals surface area contributed by atoms with Crippen molar-refractivity contribution in [1.29, 1.82) is 0 Å². The van der Waals surface area contributed by atoms with Crippen molar-refractivity contribution < 1.29 is 0 Å². The zero-order valence-corrected chi connectivity index (χ0v) is 6.78. The van der Waals surface area contributed by atoms with Crippen molar-refractivity contribution in [3.63, 3.8) is 0 Å². The summed E-state index contributed by atoms with van der Waals surface area (Å²) >= 11 is 0. The molecule has 0 aliphatic rings. The fourth-order valence-corrected chi connectivity index (χ4v) is 0.717. The predicted molar refractivity (Wildman–Crippen MR) is 41.2 cm³/mol. The summed E-state index contributed by atoms with van der Waals surface area (Å²) in [7, 11) is 0. The van der Waals surface area contributed by atoms with Gasteiger partial charge in [-0.2, -0.15) is 0 Å². The molecule has 0 saturated heterocycles. The number of hydrogen-bond donors (Lipinski definition) is 1. The zero-order valence-electron chi connectivity index (χ0n) is 6.78. The summed E-state index contributed by atoms with van der Waals surface area (Å²) in [6.07, 6.45) is 1.20. The molecule has 0 saturated carbocycles. The molecule has 56 valence electrons. The summed E-state index contributed by atoms with van der Waals surface area (Å²) in [6, 6.07) is 0. The van der Waals surface area contributed by atoms with Crippen molar-refractivity contribution in [2.75, 3.05) is 19.6 Å². The van der Waals surface area contributed by atoms with Crippen LogP contribution in [0.15, 0.2) is 0 Å². The molecule has 0 aromatic rings. The molecular weight excluding hydrogens is 112 g/mol. The fourth-order valence-electron chi connectivity index (χ4n) is 0.717. The average Bonchev–Trinajstić information content (AvgIpc) is 1.91. The highest BCUT2D eigenvalue weighted by Gasteiger charge is 1.92. The molecule has 0 unspecified atom stereocenters. The predicted octanol–water partition coefficient (Wildman–Crippen LogP) is 1.24. The Morgan fingerprint density at radius 1 is 1.11 bits per heavy atom. The highest BCUT2D eigenvalue weighted by atomic mass is 15.5. The lowest BCUT2D eigenvalue weighted by atomic mass is 10.5. The van der Waals surface area contributed by atoms with Gasteiger partial charge in [-0.3, -0.25) is 5.43 Å². The molecule has 0 radical (unpaired) electrons. The lowest BCUT2D eigenvalue weighted by Crippen LogP contribution is -2.37. The normalized spacial score (nSPS) is 10.7. The van der Waals surface area contributed by atoms with E-state index in [2.05, 4.69) is 31.2 Å². The van der Waals surface area contributed by atoms with Gasteiger partial charge in [0.05, 0.1) is 0 Å². The first-order valence-corrected chi connectivity index (χ1v) is 3.83. The van der Waals surface area contributed by atoms with E-state index < -0.39 is 0 Å². The zero-order chi connectivity index (χ0) is 7.11. The summed E-state index contributed by atoms with van der Waals surface area (Å²) in [5.41, 5.74) is 3.30. The van der Waals surface area contributed by atoms with Crippen LogP contribution in [0.25, 0.3) is 0 Å². The van der Waals surface area contributed by atoms with Crippen LogP contribution in [0.5, 0.6) is 0 Å². The summed E-state index contributed by atoms with van der Waals surface area (Å²) in [6.45, 7) is 9.78. The smallest absolute Gasteiger partial charge is 0.0102 e. The molecule has 1 N–H and O–H groups in total. The molecular formula is C7H18N2. The van der Waals surface area contributed by atoms with E-state index in [4.69, 9.17) is 0 Å². The van der Waals surface area contributed by atoms with Gasteiger partial charge in [-0.15, -0.1) is 0 Å². The van der Waals surface area contributed by atoms with Crippen LogP contribution < -0.4 is 5.43 Å². The van der Waals surface area contributed by atoms with Gasteiger partial charge in [0.1, 0.15) is 0 Å². The third-order valence-corrected chi connectivity index (χ3v) is 1.35. The second-order valence-electron chi connectivity index (χ2n) is 2.08. The van der Waals surface area contributed by atoms with Gasteiger partial charge in [0.2, 0.25) is 0 Å². The Labute approximate surface area is 58.2 Å². The average molecular weight is 130 g/mol. The van der Waals surface area contributed by atoms with Crippen LogP contribution in [0.1, 0.15) is 27.2 Å². The maximum atomic E-state index is 3.30. The molecule has 0 heterocycles. The van der Waals surface area contributed by atoms with Gasteiger partial charge in [0.25, 0.3) is 0 Å². The van der Waals surface area contributed by atoms with Crippen LogP contribution in [-0.4, -0.2) is 24.6 Å². The number of nitrogens with one attached hydrogen (secondary N) is 1. The Bertz CT molecular complexity index is 50.9. The molecule has 0 aliphatic heterocycles. The van der Waals surface area contributed by atoms with Crippen molar-refractivity contribution in [1.82, 2.24) is 10.4 Å². The van der Waals surface area contributed by atoms with Crippen LogP contribution in [-0.2, 0) is 0 Å². The molecule has 0 aliphatic carbocycles. The summed E-state index contributed by atoms with van der Waals surface area (Å²) < 4.78 is 0. The minimum absolute atomic E-state index is 1.09. The highest BCUT2D eigenvalue weighted by molar-refractivity contribution is 4.43. The monoisotopic (exact) mass is 130 g/mol. The Balaban J connectivity index is 3.09. The van der Waals surface area contributed by atoms with Crippen LogP contribution in [0.2, 0.25) is 0 Å². The first kappa shape index (κ1) is 8.92. The van der Waals surface area contributed by atoms with Crippen molar-refractivity contribution in [3.8, 4) is 0 Å². The molecule has 0 bridgehead atoms.